The smallest absolute Gasteiger partial charge is 0.414 e. The minimum atomic E-state index is -0.503. The number of benzene rings is 1. The van der Waals surface area contributed by atoms with Crippen molar-refractivity contribution in [3.8, 4) is 0 Å². The van der Waals surface area contributed by atoms with Crippen LogP contribution < -0.4 is 4.90 Å². The van der Waals surface area contributed by atoms with Crippen LogP contribution >= 0.6 is 0 Å². The second kappa shape index (κ2) is 4.96. The number of isocyanates is 1. The Balaban J connectivity index is 1.85. The van der Waals surface area contributed by atoms with Crippen LogP contribution in [0.3, 0.4) is 0 Å². The third-order valence-corrected chi connectivity index (χ3v) is 4.11. The molecule has 0 radical (unpaired) electrons. The number of aliphatic imine (C=N–C) groups is 1. The van der Waals surface area contributed by atoms with Crippen LogP contribution in [0.2, 0.25) is 0 Å². The number of rotatable bonds is 2. The first-order valence-corrected chi connectivity index (χ1v) is 7.58. The summed E-state index contributed by atoms with van der Waals surface area (Å²) in [6.45, 7) is 6.20. The molecule has 2 aliphatic rings. The standard InChI is InChI=1S/C17H20N2O3/c1-16(2,3)22-15(21)19-9-6-12-10-13(4-5-14(12)19)17(7-8-17)18-11-20/h4-5,10H,6-9H2,1-3H3. The van der Waals surface area contributed by atoms with Crippen molar-refractivity contribution in [2.45, 2.75) is 51.2 Å². The molecule has 0 aromatic heterocycles. The van der Waals surface area contributed by atoms with E-state index in [1.54, 1.807) is 11.0 Å². The van der Waals surface area contributed by atoms with E-state index in [-0.39, 0.29) is 11.6 Å². The van der Waals surface area contributed by atoms with Crippen molar-refractivity contribution in [3.05, 3.63) is 29.3 Å². The molecule has 3 rings (SSSR count). The Kier molecular flexibility index (Phi) is 3.33. The fourth-order valence-electron chi connectivity index (χ4n) is 2.87. The largest absolute Gasteiger partial charge is 0.443 e. The molecule has 0 spiro atoms. The molecular formula is C17H20N2O3. The number of hydrogen-bond acceptors (Lipinski definition) is 4. The summed E-state index contributed by atoms with van der Waals surface area (Å²) in [4.78, 5) is 28.5. The number of ether oxygens (including phenoxy) is 1. The van der Waals surface area contributed by atoms with Crippen LogP contribution in [0.15, 0.2) is 23.2 Å². The SMILES string of the molecule is CC(C)(C)OC(=O)N1CCc2cc(C3(N=C=O)CC3)ccc21. The summed E-state index contributed by atoms with van der Waals surface area (Å²) in [6.07, 6.45) is 3.93. The highest BCUT2D eigenvalue weighted by atomic mass is 16.6. The van der Waals surface area contributed by atoms with Gasteiger partial charge in [-0.1, -0.05) is 12.1 Å². The molecule has 1 heterocycles. The zero-order chi connectivity index (χ0) is 16.0. The molecule has 1 aromatic rings. The molecule has 1 aliphatic carbocycles. The lowest BCUT2D eigenvalue weighted by Crippen LogP contribution is -2.35. The van der Waals surface area contributed by atoms with E-state index in [2.05, 4.69) is 11.1 Å². The summed E-state index contributed by atoms with van der Waals surface area (Å²) in [6, 6.07) is 5.95. The highest BCUT2D eigenvalue weighted by Crippen LogP contribution is 2.50. The summed E-state index contributed by atoms with van der Waals surface area (Å²) >= 11 is 0. The highest BCUT2D eigenvalue weighted by molar-refractivity contribution is 5.90. The van der Waals surface area contributed by atoms with Gasteiger partial charge in [-0.05, 0) is 57.2 Å². The van der Waals surface area contributed by atoms with Gasteiger partial charge in [-0.25, -0.2) is 9.59 Å². The monoisotopic (exact) mass is 300 g/mol. The van der Waals surface area contributed by atoms with Gasteiger partial charge < -0.3 is 4.74 Å². The zero-order valence-electron chi connectivity index (χ0n) is 13.2. The van der Waals surface area contributed by atoms with Gasteiger partial charge in [0.2, 0.25) is 6.08 Å². The first-order chi connectivity index (χ1) is 10.3. The molecule has 1 amide bonds. The predicted octanol–water partition coefficient (Wildman–Crippen LogP) is 3.31. The van der Waals surface area contributed by atoms with Crippen LogP contribution in [0.1, 0.15) is 44.7 Å². The molecule has 1 saturated carbocycles. The number of hydrogen-bond donors (Lipinski definition) is 0. The molecule has 1 aromatic carbocycles. The van der Waals surface area contributed by atoms with Gasteiger partial charge in [0, 0.05) is 6.54 Å². The maximum Gasteiger partial charge on any atom is 0.414 e. The molecule has 1 fully saturated rings. The maximum atomic E-state index is 12.3. The molecule has 116 valence electrons. The molecule has 22 heavy (non-hydrogen) atoms. The number of carbonyl (C=O) groups is 1. The van der Waals surface area contributed by atoms with E-state index in [4.69, 9.17) is 4.74 Å². The van der Waals surface area contributed by atoms with Crippen LogP contribution in [0.25, 0.3) is 0 Å². The third kappa shape index (κ3) is 2.64. The van der Waals surface area contributed by atoms with E-state index < -0.39 is 5.60 Å². The lowest BCUT2D eigenvalue weighted by Gasteiger charge is -2.25. The Morgan fingerprint density at radius 2 is 2.09 bits per heavy atom. The van der Waals surface area contributed by atoms with Gasteiger partial charge in [0.05, 0.1) is 11.2 Å². The van der Waals surface area contributed by atoms with E-state index >= 15 is 0 Å². The minimum absolute atomic E-state index is 0.314. The summed E-state index contributed by atoms with van der Waals surface area (Å²) < 4.78 is 5.44. The summed E-state index contributed by atoms with van der Waals surface area (Å²) in [5.41, 5.74) is 2.17. The first kappa shape index (κ1) is 14.8. The molecule has 5 heteroatoms. The number of fused-ring (bicyclic) bond motifs is 1. The average molecular weight is 300 g/mol. The molecule has 0 saturated heterocycles. The van der Waals surface area contributed by atoms with E-state index in [0.717, 1.165) is 36.1 Å². The van der Waals surface area contributed by atoms with Crippen molar-refractivity contribution in [3.63, 3.8) is 0 Å². The van der Waals surface area contributed by atoms with Gasteiger partial charge in [-0.15, -0.1) is 0 Å². The molecule has 0 atom stereocenters. The van der Waals surface area contributed by atoms with Crippen molar-refractivity contribution >= 4 is 17.9 Å². The number of amides is 1. The van der Waals surface area contributed by atoms with Gasteiger partial charge in [0.15, 0.2) is 0 Å². The van der Waals surface area contributed by atoms with Gasteiger partial charge in [0.1, 0.15) is 5.60 Å². The van der Waals surface area contributed by atoms with Gasteiger partial charge in [-0.3, -0.25) is 4.90 Å². The summed E-state index contributed by atoms with van der Waals surface area (Å²) in [5.74, 6) is 0. The van der Waals surface area contributed by atoms with Crippen LogP contribution in [0, 0.1) is 0 Å². The van der Waals surface area contributed by atoms with E-state index in [1.165, 1.54) is 0 Å². The Morgan fingerprint density at radius 1 is 1.36 bits per heavy atom. The Bertz CT molecular complexity index is 665. The van der Waals surface area contributed by atoms with E-state index in [9.17, 15) is 9.59 Å². The fraction of sp³-hybridized carbons (Fsp3) is 0.529. The van der Waals surface area contributed by atoms with Crippen molar-refractivity contribution in [1.82, 2.24) is 0 Å². The molecule has 0 bridgehead atoms. The van der Waals surface area contributed by atoms with Crippen LogP contribution in [0.4, 0.5) is 10.5 Å². The molecule has 1 aliphatic heterocycles. The topological polar surface area (TPSA) is 59.0 Å². The highest BCUT2D eigenvalue weighted by Gasteiger charge is 2.45. The number of anilines is 1. The van der Waals surface area contributed by atoms with Crippen molar-refractivity contribution < 1.29 is 14.3 Å². The fourth-order valence-corrected chi connectivity index (χ4v) is 2.87. The lowest BCUT2D eigenvalue weighted by molar-refractivity contribution is 0.0584. The van der Waals surface area contributed by atoms with Crippen molar-refractivity contribution in [1.29, 1.82) is 0 Å². The van der Waals surface area contributed by atoms with Crippen molar-refractivity contribution in [2.24, 2.45) is 4.99 Å². The quantitative estimate of drug-likeness (QED) is 0.622. The third-order valence-electron chi connectivity index (χ3n) is 4.11. The average Bonchev–Trinajstić information content (AvgIpc) is 3.08. The van der Waals surface area contributed by atoms with Crippen LogP contribution in [-0.2, 0) is 21.5 Å². The van der Waals surface area contributed by atoms with Gasteiger partial charge in [-0.2, -0.15) is 4.99 Å². The van der Waals surface area contributed by atoms with E-state index in [0.29, 0.717) is 6.54 Å². The Labute approximate surface area is 130 Å². The van der Waals surface area contributed by atoms with E-state index in [1.807, 2.05) is 32.9 Å². The molecule has 0 N–H and O–H groups in total. The predicted molar refractivity (Wildman–Crippen MR) is 82.8 cm³/mol. The first-order valence-electron chi connectivity index (χ1n) is 7.58. The normalized spacial score (nSPS) is 18.4. The number of carbonyl (C=O) groups excluding carboxylic acids is 2. The molecule has 0 unspecified atom stereocenters. The second-order valence-corrected chi connectivity index (χ2v) is 6.96. The van der Waals surface area contributed by atoms with Crippen LogP contribution in [-0.4, -0.2) is 24.3 Å². The maximum absolute atomic E-state index is 12.3. The zero-order valence-corrected chi connectivity index (χ0v) is 13.2. The van der Waals surface area contributed by atoms with Crippen LogP contribution in [0.5, 0.6) is 0 Å². The van der Waals surface area contributed by atoms with Gasteiger partial charge >= 0.3 is 6.09 Å². The van der Waals surface area contributed by atoms with Crippen molar-refractivity contribution in [2.75, 3.05) is 11.4 Å². The minimum Gasteiger partial charge on any atom is -0.443 e. The number of nitrogens with zero attached hydrogens (tertiary/aromatic N) is 2. The Morgan fingerprint density at radius 3 is 2.68 bits per heavy atom. The second-order valence-electron chi connectivity index (χ2n) is 6.96. The summed E-state index contributed by atoms with van der Waals surface area (Å²) in [7, 11) is 0. The summed E-state index contributed by atoms with van der Waals surface area (Å²) in [5, 5.41) is 0. The lowest BCUT2D eigenvalue weighted by atomic mass is 10.0. The van der Waals surface area contributed by atoms with Gasteiger partial charge in [0.25, 0.3) is 0 Å². The molecular weight excluding hydrogens is 280 g/mol. The Hall–Kier alpha value is -2.13. The molecule has 5 nitrogen and oxygen atoms in total.